The van der Waals surface area contributed by atoms with Crippen molar-refractivity contribution < 1.29 is 13.9 Å². The van der Waals surface area contributed by atoms with Crippen molar-refractivity contribution in [2.45, 2.75) is 0 Å². The highest BCUT2D eigenvalue weighted by Crippen LogP contribution is 2.39. The summed E-state index contributed by atoms with van der Waals surface area (Å²) in [6.07, 6.45) is 3.31. The molecule has 0 atom stereocenters. The average molecular weight is 359 g/mol. The van der Waals surface area contributed by atoms with Crippen molar-refractivity contribution in [2.24, 2.45) is 0 Å². The maximum absolute atomic E-state index is 15.5. The van der Waals surface area contributed by atoms with Crippen molar-refractivity contribution in [1.29, 1.82) is 0 Å². The van der Waals surface area contributed by atoms with Gasteiger partial charge >= 0.3 is 0 Å². The number of hydrogen-bond donors (Lipinski definition) is 1. The van der Waals surface area contributed by atoms with Gasteiger partial charge in [-0.3, -0.25) is 4.98 Å². The quantitative estimate of drug-likeness (QED) is 0.563. The third-order valence-electron chi connectivity index (χ3n) is 4.43. The van der Waals surface area contributed by atoms with E-state index >= 15 is 4.39 Å². The highest BCUT2D eigenvalue weighted by Gasteiger charge is 2.20. The lowest BCUT2D eigenvalue weighted by Gasteiger charge is -2.14. The minimum atomic E-state index is -0.427. The zero-order chi connectivity index (χ0) is 18.2. The number of pyridine rings is 2. The van der Waals surface area contributed by atoms with E-state index in [-0.39, 0.29) is 12.5 Å². The minimum Gasteiger partial charge on any atom is -0.454 e. The second-order valence-electron chi connectivity index (χ2n) is 6.10. The molecule has 6 heteroatoms. The molecule has 0 fully saturated rings. The summed E-state index contributed by atoms with van der Waals surface area (Å²) in [5.74, 6) is 0.810. The first kappa shape index (κ1) is 15.6. The molecule has 0 saturated heterocycles. The van der Waals surface area contributed by atoms with Crippen LogP contribution in [0.5, 0.6) is 11.5 Å². The third kappa shape index (κ3) is 2.71. The summed E-state index contributed by atoms with van der Waals surface area (Å²) in [5.41, 5.74) is 2.70. The number of hydrogen-bond acceptors (Lipinski definition) is 5. The maximum atomic E-state index is 15.5. The molecule has 1 N–H and O–H groups in total. The lowest BCUT2D eigenvalue weighted by Crippen LogP contribution is -2.00. The van der Waals surface area contributed by atoms with Gasteiger partial charge in [0, 0.05) is 29.0 Å². The van der Waals surface area contributed by atoms with E-state index in [9.17, 15) is 0 Å². The molecule has 0 radical (unpaired) electrons. The predicted molar refractivity (Wildman–Crippen MR) is 101 cm³/mol. The number of halogens is 1. The molecule has 0 aliphatic carbocycles. The van der Waals surface area contributed by atoms with Gasteiger partial charge in [-0.25, -0.2) is 9.37 Å². The van der Waals surface area contributed by atoms with Gasteiger partial charge in [-0.2, -0.15) is 0 Å². The van der Waals surface area contributed by atoms with E-state index in [1.165, 1.54) is 0 Å². The zero-order valence-electron chi connectivity index (χ0n) is 14.1. The molecule has 1 aliphatic rings. The van der Waals surface area contributed by atoms with Crippen molar-refractivity contribution in [3.63, 3.8) is 0 Å². The molecule has 0 amide bonds. The fourth-order valence-corrected chi connectivity index (χ4v) is 3.13. The molecular weight excluding hydrogens is 345 g/mol. The number of anilines is 2. The van der Waals surface area contributed by atoms with E-state index in [0.717, 1.165) is 5.69 Å². The van der Waals surface area contributed by atoms with Gasteiger partial charge in [0.25, 0.3) is 0 Å². The molecule has 2 aromatic heterocycles. The summed E-state index contributed by atoms with van der Waals surface area (Å²) in [6.45, 7) is 0.168. The van der Waals surface area contributed by atoms with E-state index in [0.29, 0.717) is 33.7 Å². The Kier molecular flexibility index (Phi) is 3.60. The van der Waals surface area contributed by atoms with Crippen LogP contribution in [0.15, 0.2) is 67.0 Å². The number of para-hydroxylation sites is 1. The summed E-state index contributed by atoms with van der Waals surface area (Å²) in [7, 11) is 0. The molecule has 5 rings (SSSR count). The molecule has 132 valence electrons. The second-order valence-corrected chi connectivity index (χ2v) is 6.10. The molecule has 2 aromatic carbocycles. The Balaban J connectivity index is 1.70. The predicted octanol–water partition coefficient (Wildman–Crippen LogP) is 4.91. The molecule has 27 heavy (non-hydrogen) atoms. The maximum Gasteiger partial charge on any atom is 0.231 e. The summed E-state index contributed by atoms with van der Waals surface area (Å²) >= 11 is 0. The van der Waals surface area contributed by atoms with Crippen molar-refractivity contribution in [3.05, 3.63) is 72.8 Å². The minimum absolute atomic E-state index is 0.168. The van der Waals surface area contributed by atoms with Crippen molar-refractivity contribution in [1.82, 2.24) is 9.97 Å². The third-order valence-corrected chi connectivity index (χ3v) is 4.43. The monoisotopic (exact) mass is 359 g/mol. The van der Waals surface area contributed by atoms with Crippen LogP contribution in [-0.2, 0) is 0 Å². The van der Waals surface area contributed by atoms with E-state index < -0.39 is 5.82 Å². The Labute approximate surface area is 154 Å². The highest BCUT2D eigenvalue weighted by atomic mass is 19.1. The van der Waals surface area contributed by atoms with Crippen LogP contribution in [0.4, 0.5) is 15.8 Å². The number of rotatable bonds is 3. The molecule has 0 spiro atoms. The molecule has 0 bridgehead atoms. The van der Waals surface area contributed by atoms with Crippen LogP contribution in [0.1, 0.15) is 0 Å². The smallest absolute Gasteiger partial charge is 0.231 e. The van der Waals surface area contributed by atoms with Crippen molar-refractivity contribution in [2.75, 3.05) is 12.1 Å². The molecule has 3 heterocycles. The number of nitrogens with zero attached hydrogens (tertiary/aromatic N) is 2. The van der Waals surface area contributed by atoms with Crippen molar-refractivity contribution in [3.8, 4) is 22.8 Å². The molecular formula is C21H14FN3O2. The summed E-state index contributed by atoms with van der Waals surface area (Å²) in [4.78, 5) is 8.55. The number of aromatic nitrogens is 2. The van der Waals surface area contributed by atoms with Gasteiger partial charge in [0.05, 0.1) is 11.2 Å². The highest BCUT2D eigenvalue weighted by molar-refractivity contribution is 5.96. The van der Waals surface area contributed by atoms with Gasteiger partial charge in [0.1, 0.15) is 5.69 Å². The fourth-order valence-electron chi connectivity index (χ4n) is 3.13. The van der Waals surface area contributed by atoms with Gasteiger partial charge in [-0.05, 0) is 36.4 Å². The number of benzene rings is 2. The van der Waals surface area contributed by atoms with Crippen LogP contribution < -0.4 is 14.8 Å². The molecule has 5 nitrogen and oxygen atoms in total. The van der Waals surface area contributed by atoms with Gasteiger partial charge < -0.3 is 14.8 Å². The summed E-state index contributed by atoms with van der Waals surface area (Å²) < 4.78 is 26.3. The number of fused-ring (bicyclic) bond motifs is 2. The normalized spacial score (nSPS) is 12.3. The van der Waals surface area contributed by atoms with Crippen LogP contribution in [0, 0.1) is 5.82 Å². The molecule has 1 aliphatic heterocycles. The molecule has 0 unspecified atom stereocenters. The second kappa shape index (κ2) is 6.25. The zero-order valence-corrected chi connectivity index (χ0v) is 14.1. The number of ether oxygens (including phenoxy) is 2. The van der Waals surface area contributed by atoms with Gasteiger partial charge in [0.15, 0.2) is 17.3 Å². The average Bonchev–Trinajstić information content (AvgIpc) is 3.18. The van der Waals surface area contributed by atoms with Crippen LogP contribution in [0.25, 0.3) is 22.2 Å². The van der Waals surface area contributed by atoms with Crippen molar-refractivity contribution >= 4 is 22.3 Å². The van der Waals surface area contributed by atoms with E-state index in [2.05, 4.69) is 15.3 Å². The summed E-state index contributed by atoms with van der Waals surface area (Å²) in [5, 5.41) is 3.87. The van der Waals surface area contributed by atoms with Gasteiger partial charge in [-0.1, -0.05) is 18.2 Å². The Hall–Kier alpha value is -3.67. The molecule has 0 saturated carbocycles. The number of nitrogens with one attached hydrogen (secondary N) is 1. The molecule has 4 aromatic rings. The first-order valence-electron chi connectivity index (χ1n) is 8.45. The Morgan fingerprint density at radius 1 is 0.926 bits per heavy atom. The topological polar surface area (TPSA) is 56.3 Å². The van der Waals surface area contributed by atoms with Crippen LogP contribution in [0.3, 0.4) is 0 Å². The van der Waals surface area contributed by atoms with Crippen LogP contribution >= 0.6 is 0 Å². The van der Waals surface area contributed by atoms with Crippen LogP contribution in [0.2, 0.25) is 0 Å². The lowest BCUT2D eigenvalue weighted by molar-refractivity contribution is 0.174. The van der Waals surface area contributed by atoms with E-state index in [1.54, 1.807) is 42.7 Å². The first-order chi connectivity index (χ1) is 13.3. The fraction of sp³-hybridized carbons (Fsp3) is 0.0476. The first-order valence-corrected chi connectivity index (χ1v) is 8.45. The Morgan fingerprint density at radius 2 is 1.74 bits per heavy atom. The van der Waals surface area contributed by atoms with Gasteiger partial charge in [-0.15, -0.1) is 0 Å². The largest absolute Gasteiger partial charge is 0.454 e. The standard InChI is InChI=1S/C21H14FN3O2/c22-19-20(13-5-6-17-18(11-13)27-12-26-17)25-16-4-2-1-3-15(16)21(19)24-14-7-9-23-10-8-14/h1-11H,12H2,(H,23,24,25). The van der Waals surface area contributed by atoms with E-state index in [1.807, 2.05) is 24.3 Å². The van der Waals surface area contributed by atoms with Gasteiger partial charge in [0.2, 0.25) is 6.79 Å². The van der Waals surface area contributed by atoms with Crippen LogP contribution in [-0.4, -0.2) is 16.8 Å². The summed E-state index contributed by atoms with van der Waals surface area (Å²) in [6, 6.07) is 16.3. The Bertz CT molecular complexity index is 1150. The SMILES string of the molecule is Fc1c(-c2ccc3c(c2)OCO3)nc2ccccc2c1Nc1ccncc1. The lowest BCUT2D eigenvalue weighted by atomic mass is 10.1. The van der Waals surface area contributed by atoms with E-state index in [4.69, 9.17) is 9.47 Å². The Morgan fingerprint density at radius 3 is 2.63 bits per heavy atom.